The van der Waals surface area contributed by atoms with E-state index >= 15 is 0 Å². The van der Waals surface area contributed by atoms with Gasteiger partial charge in [0.25, 0.3) is 0 Å². The highest BCUT2D eigenvalue weighted by molar-refractivity contribution is 5.85. The lowest BCUT2D eigenvalue weighted by atomic mass is 9.92. The predicted octanol–water partition coefficient (Wildman–Crippen LogP) is 2.25. The number of carboxylic acids is 1. The number of halogens is 1. The average Bonchev–Trinajstić information content (AvgIpc) is 1.99. The van der Waals surface area contributed by atoms with Gasteiger partial charge in [-0.3, -0.25) is 4.79 Å². The smallest absolute Gasteiger partial charge is 0.310 e. The molecular weight excluding hydrogens is 202 g/mol. The third kappa shape index (κ3) is 4.82. The third-order valence-electron chi connectivity index (χ3n) is 2.31. The molecule has 0 aliphatic heterocycles. The van der Waals surface area contributed by atoms with Gasteiger partial charge in [-0.15, -0.1) is 12.4 Å². The maximum Gasteiger partial charge on any atom is 0.310 e. The molecule has 0 saturated heterocycles. The monoisotopic (exact) mass is 223 g/mol. The van der Waals surface area contributed by atoms with Gasteiger partial charge < -0.3 is 10.0 Å². The number of hydrogen-bond acceptors (Lipinski definition) is 2. The first-order chi connectivity index (χ1) is 5.81. The van der Waals surface area contributed by atoms with Crippen molar-refractivity contribution in [1.29, 1.82) is 0 Å². The van der Waals surface area contributed by atoms with Gasteiger partial charge in [0, 0.05) is 12.6 Å². The highest BCUT2D eigenvalue weighted by Gasteiger charge is 2.29. The van der Waals surface area contributed by atoms with Crippen molar-refractivity contribution in [3.05, 3.63) is 0 Å². The van der Waals surface area contributed by atoms with Crippen LogP contribution >= 0.6 is 12.4 Å². The Balaban J connectivity index is 0. The summed E-state index contributed by atoms with van der Waals surface area (Å²) in [6, 6.07) is 0.406. The molecule has 0 aliphatic rings. The number of rotatable bonds is 5. The molecule has 0 bridgehead atoms. The van der Waals surface area contributed by atoms with E-state index in [4.69, 9.17) is 5.11 Å². The highest BCUT2D eigenvalue weighted by atomic mass is 35.5. The van der Waals surface area contributed by atoms with E-state index in [1.165, 1.54) is 0 Å². The second kappa shape index (κ2) is 6.25. The van der Waals surface area contributed by atoms with Gasteiger partial charge in [0.1, 0.15) is 0 Å². The number of nitrogens with zero attached hydrogens (tertiary/aromatic N) is 1. The summed E-state index contributed by atoms with van der Waals surface area (Å²) in [6.45, 7) is 11.3. The van der Waals surface area contributed by atoms with Crippen LogP contribution in [0.2, 0.25) is 0 Å². The fourth-order valence-corrected chi connectivity index (χ4v) is 1.23. The third-order valence-corrected chi connectivity index (χ3v) is 2.31. The molecule has 0 amide bonds. The van der Waals surface area contributed by atoms with E-state index in [0.29, 0.717) is 12.6 Å². The molecule has 1 N–H and O–H groups in total. The number of hydrogen-bond donors (Lipinski definition) is 1. The van der Waals surface area contributed by atoms with E-state index in [2.05, 4.69) is 25.7 Å². The van der Waals surface area contributed by atoms with Gasteiger partial charge in [-0.2, -0.15) is 0 Å². The van der Waals surface area contributed by atoms with Gasteiger partial charge in [-0.25, -0.2) is 0 Å². The molecule has 0 aromatic heterocycles. The Bertz CT molecular complexity index is 181. The fourth-order valence-electron chi connectivity index (χ4n) is 1.23. The molecule has 0 spiro atoms. The van der Waals surface area contributed by atoms with E-state index in [0.717, 1.165) is 6.54 Å². The van der Waals surface area contributed by atoms with Crippen LogP contribution in [0, 0.1) is 5.41 Å². The summed E-state index contributed by atoms with van der Waals surface area (Å²) >= 11 is 0. The molecule has 0 rings (SSSR count). The second-order valence-electron chi connectivity index (χ2n) is 4.35. The molecule has 0 aliphatic carbocycles. The van der Waals surface area contributed by atoms with E-state index in [9.17, 15) is 4.79 Å². The number of aliphatic carboxylic acids is 1. The van der Waals surface area contributed by atoms with Crippen LogP contribution in [-0.2, 0) is 4.79 Å². The van der Waals surface area contributed by atoms with Crippen molar-refractivity contribution in [2.24, 2.45) is 5.41 Å². The minimum absolute atomic E-state index is 0. The second-order valence-corrected chi connectivity index (χ2v) is 4.35. The summed E-state index contributed by atoms with van der Waals surface area (Å²) < 4.78 is 0. The van der Waals surface area contributed by atoms with Crippen LogP contribution in [0.1, 0.15) is 34.6 Å². The zero-order valence-corrected chi connectivity index (χ0v) is 10.5. The molecule has 0 unspecified atom stereocenters. The summed E-state index contributed by atoms with van der Waals surface area (Å²) in [6.07, 6.45) is 0. The molecule has 0 fully saturated rings. The maximum absolute atomic E-state index is 10.9. The van der Waals surface area contributed by atoms with Crippen molar-refractivity contribution in [3.8, 4) is 0 Å². The minimum Gasteiger partial charge on any atom is -0.481 e. The topological polar surface area (TPSA) is 40.5 Å². The van der Waals surface area contributed by atoms with Gasteiger partial charge in [-0.05, 0) is 34.2 Å². The molecule has 4 heteroatoms. The molecule has 0 aromatic carbocycles. The van der Waals surface area contributed by atoms with Crippen molar-refractivity contribution in [2.75, 3.05) is 13.1 Å². The minimum atomic E-state index is -0.730. The largest absolute Gasteiger partial charge is 0.481 e. The lowest BCUT2D eigenvalue weighted by Crippen LogP contribution is -2.42. The van der Waals surface area contributed by atoms with Crippen LogP contribution in [0.4, 0.5) is 0 Å². The molecule has 0 heterocycles. The zero-order valence-electron chi connectivity index (χ0n) is 9.70. The summed E-state index contributed by atoms with van der Waals surface area (Å²) in [5.41, 5.74) is -0.653. The van der Waals surface area contributed by atoms with Crippen molar-refractivity contribution >= 4 is 18.4 Å². The predicted molar refractivity (Wildman–Crippen MR) is 61.0 cm³/mol. The molecule has 0 saturated carbocycles. The Kier molecular flexibility index (Phi) is 7.21. The first-order valence-corrected chi connectivity index (χ1v) is 4.78. The van der Waals surface area contributed by atoms with Gasteiger partial charge in [0.15, 0.2) is 0 Å². The zero-order chi connectivity index (χ0) is 10.6. The van der Waals surface area contributed by atoms with Crippen molar-refractivity contribution in [1.82, 2.24) is 4.90 Å². The number of carboxylic acid groups (broad SMARTS) is 1. The molecule has 3 nitrogen and oxygen atoms in total. The fraction of sp³-hybridized carbons (Fsp3) is 0.900. The van der Waals surface area contributed by atoms with E-state index in [-0.39, 0.29) is 12.4 Å². The normalized spacial score (nSPS) is 11.6. The highest BCUT2D eigenvalue weighted by Crippen LogP contribution is 2.18. The van der Waals surface area contributed by atoms with Crippen molar-refractivity contribution in [2.45, 2.75) is 40.7 Å². The summed E-state index contributed by atoms with van der Waals surface area (Å²) in [5.74, 6) is -0.730. The van der Waals surface area contributed by atoms with E-state index in [1.807, 2.05) is 0 Å². The summed E-state index contributed by atoms with van der Waals surface area (Å²) in [5, 5.41) is 8.94. The van der Waals surface area contributed by atoms with E-state index < -0.39 is 11.4 Å². The van der Waals surface area contributed by atoms with Crippen LogP contribution in [0.5, 0.6) is 0 Å². The van der Waals surface area contributed by atoms with Crippen LogP contribution in [0.15, 0.2) is 0 Å². The summed E-state index contributed by atoms with van der Waals surface area (Å²) in [7, 11) is 0. The lowest BCUT2D eigenvalue weighted by molar-refractivity contribution is -0.148. The Labute approximate surface area is 92.9 Å². The van der Waals surface area contributed by atoms with Gasteiger partial charge in [-0.1, -0.05) is 6.92 Å². The first-order valence-electron chi connectivity index (χ1n) is 4.78. The molecule has 0 atom stereocenters. The first kappa shape index (κ1) is 16.2. The van der Waals surface area contributed by atoms with Crippen LogP contribution in [0.3, 0.4) is 0 Å². The van der Waals surface area contributed by atoms with E-state index in [1.54, 1.807) is 13.8 Å². The van der Waals surface area contributed by atoms with Crippen molar-refractivity contribution < 1.29 is 9.90 Å². The number of carbonyl (C=O) groups is 1. The van der Waals surface area contributed by atoms with Crippen LogP contribution in [0.25, 0.3) is 0 Å². The maximum atomic E-state index is 10.9. The Morgan fingerprint density at radius 1 is 1.43 bits per heavy atom. The Hall–Kier alpha value is -0.280. The Morgan fingerprint density at radius 3 is 2.07 bits per heavy atom. The quantitative estimate of drug-likeness (QED) is 0.777. The Morgan fingerprint density at radius 2 is 1.86 bits per heavy atom. The molecular formula is C10H22ClNO2. The molecule has 86 valence electrons. The molecule has 0 radical (unpaired) electrons. The lowest BCUT2D eigenvalue weighted by Gasteiger charge is -2.31. The van der Waals surface area contributed by atoms with Gasteiger partial charge in [0.2, 0.25) is 0 Å². The molecule has 14 heavy (non-hydrogen) atoms. The standard InChI is InChI=1S/C10H21NO2.ClH/c1-6-11(8(2)3)7-10(4,5)9(12)13;/h8H,6-7H2,1-5H3,(H,12,13);1H. The van der Waals surface area contributed by atoms with Gasteiger partial charge >= 0.3 is 5.97 Å². The van der Waals surface area contributed by atoms with Gasteiger partial charge in [0.05, 0.1) is 5.41 Å². The molecule has 0 aromatic rings. The van der Waals surface area contributed by atoms with Crippen LogP contribution in [-0.4, -0.2) is 35.1 Å². The van der Waals surface area contributed by atoms with Crippen molar-refractivity contribution in [3.63, 3.8) is 0 Å². The SMILES string of the molecule is CCN(CC(C)(C)C(=O)O)C(C)C.Cl. The average molecular weight is 224 g/mol. The summed E-state index contributed by atoms with van der Waals surface area (Å²) in [4.78, 5) is 13.0. The van der Waals surface area contributed by atoms with Crippen LogP contribution < -0.4 is 0 Å².